The van der Waals surface area contributed by atoms with Gasteiger partial charge in [-0.3, -0.25) is 0 Å². The Labute approximate surface area is 106 Å². The average Bonchev–Trinajstić information content (AvgIpc) is 2.28. The van der Waals surface area contributed by atoms with Crippen molar-refractivity contribution in [2.75, 3.05) is 11.9 Å². The molecule has 0 spiro atoms. The molecule has 1 aromatic rings. The monoisotopic (exact) mass is 255 g/mol. The smallest absolute Gasteiger partial charge is 0.137 e. The van der Waals surface area contributed by atoms with Gasteiger partial charge < -0.3 is 10.4 Å². The summed E-state index contributed by atoms with van der Waals surface area (Å²) >= 11 is 6.04. The second kappa shape index (κ2) is 4.78. The van der Waals surface area contributed by atoms with Crippen molar-refractivity contribution in [3.8, 4) is 0 Å². The van der Waals surface area contributed by atoms with Gasteiger partial charge in [0, 0.05) is 18.5 Å². The molecule has 1 saturated carbocycles. The lowest BCUT2D eigenvalue weighted by molar-refractivity contribution is -0.0202. The lowest BCUT2D eigenvalue weighted by Crippen LogP contribution is -2.43. The van der Waals surface area contributed by atoms with E-state index in [1.54, 1.807) is 0 Å². The lowest BCUT2D eigenvalue weighted by atomic mass is 9.80. The van der Waals surface area contributed by atoms with Gasteiger partial charge in [-0.1, -0.05) is 18.5 Å². The number of nitrogens with one attached hydrogen (secondary N) is 1. The van der Waals surface area contributed by atoms with Gasteiger partial charge in [0.25, 0.3) is 0 Å². The molecule has 0 aromatic carbocycles. The number of nitrogens with zero attached hydrogens (tertiary/aromatic N) is 2. The number of halogens is 1. The van der Waals surface area contributed by atoms with Crippen molar-refractivity contribution in [1.29, 1.82) is 0 Å². The van der Waals surface area contributed by atoms with Crippen LogP contribution in [0.15, 0.2) is 0 Å². The third-order valence-corrected chi connectivity index (χ3v) is 3.69. The Kier molecular flexibility index (Phi) is 3.54. The number of hydrogen-bond acceptors (Lipinski definition) is 4. The standard InChI is InChI=1S/C12H18ClN3O/c1-3-9-15-10(13)8(2)11(16-9)14-7-12(17)5-4-6-12/h17H,3-7H2,1-2H3,(H,14,15,16). The fourth-order valence-corrected chi connectivity index (χ4v) is 2.06. The Hall–Kier alpha value is -0.870. The number of aliphatic hydroxyl groups is 1. The molecule has 0 amide bonds. The molecule has 1 aromatic heterocycles. The van der Waals surface area contributed by atoms with Gasteiger partial charge in [0.1, 0.15) is 16.8 Å². The molecule has 0 bridgehead atoms. The zero-order valence-electron chi connectivity index (χ0n) is 10.3. The van der Waals surface area contributed by atoms with E-state index in [0.717, 1.165) is 42.9 Å². The first-order valence-corrected chi connectivity index (χ1v) is 6.41. The van der Waals surface area contributed by atoms with Crippen LogP contribution in [-0.4, -0.2) is 27.2 Å². The predicted octanol–water partition coefficient (Wildman–Crippen LogP) is 2.33. The van der Waals surface area contributed by atoms with Crippen LogP contribution in [0.2, 0.25) is 5.15 Å². The van der Waals surface area contributed by atoms with Gasteiger partial charge in [-0.15, -0.1) is 0 Å². The van der Waals surface area contributed by atoms with Crippen LogP contribution in [0.3, 0.4) is 0 Å². The predicted molar refractivity (Wildman–Crippen MR) is 68.4 cm³/mol. The summed E-state index contributed by atoms with van der Waals surface area (Å²) in [7, 11) is 0. The first-order chi connectivity index (χ1) is 8.04. The number of hydrogen-bond donors (Lipinski definition) is 2. The summed E-state index contributed by atoms with van der Waals surface area (Å²) in [6.45, 7) is 4.41. The third kappa shape index (κ3) is 2.69. The fourth-order valence-electron chi connectivity index (χ4n) is 1.87. The van der Waals surface area contributed by atoms with E-state index >= 15 is 0 Å². The van der Waals surface area contributed by atoms with Crippen molar-refractivity contribution >= 4 is 17.4 Å². The molecule has 2 N–H and O–H groups in total. The second-order valence-electron chi connectivity index (χ2n) is 4.69. The van der Waals surface area contributed by atoms with E-state index in [0.29, 0.717) is 11.7 Å². The first-order valence-electron chi connectivity index (χ1n) is 6.03. The van der Waals surface area contributed by atoms with E-state index in [-0.39, 0.29) is 0 Å². The van der Waals surface area contributed by atoms with Gasteiger partial charge in [-0.2, -0.15) is 0 Å². The average molecular weight is 256 g/mol. The maximum atomic E-state index is 10.0. The number of aromatic nitrogens is 2. The number of anilines is 1. The summed E-state index contributed by atoms with van der Waals surface area (Å²) in [5.41, 5.74) is 0.280. The van der Waals surface area contributed by atoms with E-state index in [9.17, 15) is 5.11 Å². The van der Waals surface area contributed by atoms with Crippen LogP contribution in [-0.2, 0) is 6.42 Å². The van der Waals surface area contributed by atoms with Crippen LogP contribution in [0.5, 0.6) is 0 Å². The lowest BCUT2D eigenvalue weighted by Gasteiger charge is -2.36. The molecule has 94 valence electrons. The summed E-state index contributed by atoms with van der Waals surface area (Å²) in [5, 5.41) is 13.7. The highest BCUT2D eigenvalue weighted by Gasteiger charge is 2.34. The quantitative estimate of drug-likeness (QED) is 0.811. The minimum atomic E-state index is -0.559. The zero-order chi connectivity index (χ0) is 12.5. The molecule has 0 aliphatic heterocycles. The Balaban J connectivity index is 2.11. The molecule has 2 rings (SSSR count). The Bertz CT molecular complexity index is 418. The van der Waals surface area contributed by atoms with E-state index in [1.165, 1.54) is 0 Å². The van der Waals surface area contributed by atoms with Gasteiger partial charge in [0.05, 0.1) is 5.60 Å². The number of aryl methyl sites for hydroxylation is 1. The van der Waals surface area contributed by atoms with E-state index < -0.39 is 5.60 Å². The van der Waals surface area contributed by atoms with Crippen LogP contribution >= 0.6 is 11.6 Å². The molecule has 1 aliphatic rings. The molecule has 0 saturated heterocycles. The molecule has 1 heterocycles. The second-order valence-corrected chi connectivity index (χ2v) is 5.05. The molecule has 0 atom stereocenters. The maximum absolute atomic E-state index is 10.0. The summed E-state index contributed by atoms with van der Waals surface area (Å²) in [6.07, 6.45) is 3.57. The molecular weight excluding hydrogens is 238 g/mol. The fraction of sp³-hybridized carbons (Fsp3) is 0.667. The molecule has 5 heteroatoms. The van der Waals surface area contributed by atoms with Gasteiger partial charge in [0.2, 0.25) is 0 Å². The van der Waals surface area contributed by atoms with Crippen molar-refractivity contribution in [3.05, 3.63) is 16.5 Å². The van der Waals surface area contributed by atoms with Gasteiger partial charge in [-0.25, -0.2) is 9.97 Å². The van der Waals surface area contributed by atoms with Crippen molar-refractivity contribution < 1.29 is 5.11 Å². The Morgan fingerprint density at radius 1 is 1.41 bits per heavy atom. The van der Waals surface area contributed by atoms with Crippen LogP contribution in [0.1, 0.15) is 37.6 Å². The first kappa shape index (κ1) is 12.6. The summed E-state index contributed by atoms with van der Waals surface area (Å²) < 4.78 is 0. The van der Waals surface area contributed by atoms with Gasteiger partial charge in [0.15, 0.2) is 0 Å². The molecule has 4 nitrogen and oxygen atoms in total. The molecule has 0 unspecified atom stereocenters. The van der Waals surface area contributed by atoms with Crippen LogP contribution < -0.4 is 5.32 Å². The van der Waals surface area contributed by atoms with Crippen LogP contribution in [0.25, 0.3) is 0 Å². The zero-order valence-corrected chi connectivity index (χ0v) is 11.0. The topological polar surface area (TPSA) is 58.0 Å². The molecular formula is C12H18ClN3O. The largest absolute Gasteiger partial charge is 0.388 e. The highest BCUT2D eigenvalue weighted by molar-refractivity contribution is 6.30. The minimum Gasteiger partial charge on any atom is -0.388 e. The van der Waals surface area contributed by atoms with Crippen molar-refractivity contribution in [1.82, 2.24) is 9.97 Å². The normalized spacial score (nSPS) is 17.6. The number of rotatable bonds is 4. The Morgan fingerprint density at radius 3 is 2.65 bits per heavy atom. The molecule has 1 fully saturated rings. The minimum absolute atomic E-state index is 0.486. The van der Waals surface area contributed by atoms with Crippen molar-refractivity contribution in [3.63, 3.8) is 0 Å². The Morgan fingerprint density at radius 2 is 2.12 bits per heavy atom. The van der Waals surface area contributed by atoms with E-state index in [4.69, 9.17) is 11.6 Å². The molecule has 0 radical (unpaired) electrons. The molecule has 17 heavy (non-hydrogen) atoms. The summed E-state index contributed by atoms with van der Waals surface area (Å²) in [6, 6.07) is 0. The summed E-state index contributed by atoms with van der Waals surface area (Å²) in [4.78, 5) is 8.58. The van der Waals surface area contributed by atoms with Crippen molar-refractivity contribution in [2.45, 2.75) is 45.1 Å². The van der Waals surface area contributed by atoms with E-state index in [2.05, 4.69) is 15.3 Å². The third-order valence-electron chi connectivity index (χ3n) is 3.32. The highest BCUT2D eigenvalue weighted by atomic mass is 35.5. The molecule has 1 aliphatic carbocycles. The van der Waals surface area contributed by atoms with Gasteiger partial charge in [-0.05, 0) is 26.2 Å². The van der Waals surface area contributed by atoms with E-state index in [1.807, 2.05) is 13.8 Å². The highest BCUT2D eigenvalue weighted by Crippen LogP contribution is 2.32. The van der Waals surface area contributed by atoms with Crippen molar-refractivity contribution in [2.24, 2.45) is 0 Å². The van der Waals surface area contributed by atoms with Crippen LogP contribution in [0.4, 0.5) is 5.82 Å². The van der Waals surface area contributed by atoms with Gasteiger partial charge >= 0.3 is 0 Å². The van der Waals surface area contributed by atoms with Crippen LogP contribution in [0, 0.1) is 6.92 Å². The maximum Gasteiger partial charge on any atom is 0.137 e. The summed E-state index contributed by atoms with van der Waals surface area (Å²) in [5.74, 6) is 1.46. The SMILES string of the molecule is CCc1nc(Cl)c(C)c(NCC2(O)CCC2)n1.